The number of carboxylic acids is 1. The van der Waals surface area contributed by atoms with E-state index in [1.807, 2.05) is 13.0 Å². The van der Waals surface area contributed by atoms with Gasteiger partial charge in [0.25, 0.3) is 0 Å². The third kappa shape index (κ3) is 3.14. The highest BCUT2D eigenvalue weighted by molar-refractivity contribution is 5.89. The zero-order chi connectivity index (χ0) is 16.3. The molecule has 0 fully saturated rings. The summed E-state index contributed by atoms with van der Waals surface area (Å²) in [6.45, 7) is 1.70. The van der Waals surface area contributed by atoms with Crippen molar-refractivity contribution in [1.82, 2.24) is 9.78 Å². The number of aromatic nitrogens is 2. The molecule has 0 aliphatic heterocycles. The minimum Gasteiger partial charge on any atom is -0.493 e. The van der Waals surface area contributed by atoms with E-state index in [4.69, 9.17) is 14.6 Å². The number of carbonyl (C=O) groups is 1. The number of rotatable bonds is 6. The molecule has 2 rings (SSSR count). The summed E-state index contributed by atoms with van der Waals surface area (Å²) in [6.07, 6.45) is 1.00. The number of aryl methyl sites for hydroxylation is 1. The predicted octanol–water partition coefficient (Wildman–Crippen LogP) is 1.84. The van der Waals surface area contributed by atoms with Gasteiger partial charge in [-0.1, -0.05) is 6.07 Å². The number of methoxy groups -OCH3 is 1. The van der Waals surface area contributed by atoms with E-state index < -0.39 is 22.3 Å². The Morgan fingerprint density at radius 1 is 1.45 bits per heavy atom. The van der Waals surface area contributed by atoms with Gasteiger partial charge in [0.2, 0.25) is 5.69 Å². The number of ether oxygens (including phenoxy) is 2. The van der Waals surface area contributed by atoms with Crippen LogP contribution in [0.25, 0.3) is 0 Å². The maximum atomic E-state index is 10.9. The molecular weight excluding hydrogens is 294 g/mol. The number of nitrogens with zero attached hydrogens (tertiary/aromatic N) is 3. The van der Waals surface area contributed by atoms with Crippen LogP contribution in [0.1, 0.15) is 16.1 Å². The molecule has 2 aromatic rings. The third-order valence-corrected chi connectivity index (χ3v) is 2.81. The van der Waals surface area contributed by atoms with Crippen LogP contribution >= 0.6 is 0 Å². The van der Waals surface area contributed by atoms with Gasteiger partial charge in [-0.15, -0.1) is 0 Å². The number of carboxylic acid groups (broad SMARTS) is 1. The summed E-state index contributed by atoms with van der Waals surface area (Å²) in [7, 11) is 1.49. The average Bonchev–Trinajstić information content (AvgIpc) is 2.90. The van der Waals surface area contributed by atoms with Gasteiger partial charge in [0.15, 0.2) is 18.2 Å². The van der Waals surface area contributed by atoms with E-state index in [1.165, 1.54) is 7.11 Å². The lowest BCUT2D eigenvalue weighted by molar-refractivity contribution is -0.385. The fourth-order valence-corrected chi connectivity index (χ4v) is 1.79. The first kappa shape index (κ1) is 15.3. The first-order chi connectivity index (χ1) is 10.4. The van der Waals surface area contributed by atoms with Gasteiger partial charge in [-0.05, 0) is 24.6 Å². The molecule has 9 heteroatoms. The maximum Gasteiger partial charge on any atom is 0.363 e. The van der Waals surface area contributed by atoms with Gasteiger partial charge in [-0.2, -0.15) is 5.10 Å². The van der Waals surface area contributed by atoms with E-state index in [1.54, 1.807) is 12.1 Å². The summed E-state index contributed by atoms with van der Waals surface area (Å²) in [5, 5.41) is 23.3. The Bertz CT molecular complexity index is 693. The van der Waals surface area contributed by atoms with E-state index >= 15 is 0 Å². The molecule has 0 bridgehead atoms. The lowest BCUT2D eigenvalue weighted by atomic mass is 10.2. The maximum absolute atomic E-state index is 10.9. The van der Waals surface area contributed by atoms with Gasteiger partial charge in [0.05, 0.1) is 12.0 Å². The normalized spacial score (nSPS) is 10.3. The van der Waals surface area contributed by atoms with E-state index in [-0.39, 0.29) is 6.73 Å². The first-order valence-corrected chi connectivity index (χ1v) is 6.15. The summed E-state index contributed by atoms with van der Waals surface area (Å²) in [5.41, 5.74) is -0.247. The minimum atomic E-state index is -1.47. The van der Waals surface area contributed by atoms with Crippen molar-refractivity contribution in [3.8, 4) is 11.5 Å². The molecule has 0 radical (unpaired) electrons. The zero-order valence-corrected chi connectivity index (χ0v) is 11.8. The van der Waals surface area contributed by atoms with Crippen molar-refractivity contribution in [3.63, 3.8) is 0 Å². The largest absolute Gasteiger partial charge is 0.493 e. The Labute approximate surface area is 124 Å². The van der Waals surface area contributed by atoms with E-state index in [2.05, 4.69) is 5.10 Å². The number of aromatic carboxylic acids is 1. The van der Waals surface area contributed by atoms with Gasteiger partial charge in [0.1, 0.15) is 6.20 Å². The summed E-state index contributed by atoms with van der Waals surface area (Å²) in [4.78, 5) is 20.9. The molecular formula is C13H13N3O6. The smallest absolute Gasteiger partial charge is 0.363 e. The Hall–Kier alpha value is -3.10. The number of benzene rings is 1. The Kier molecular flexibility index (Phi) is 4.25. The molecule has 0 saturated carbocycles. The van der Waals surface area contributed by atoms with E-state index in [9.17, 15) is 14.9 Å². The highest BCUT2D eigenvalue weighted by atomic mass is 16.6. The molecule has 0 aliphatic carbocycles. The molecule has 0 unspecified atom stereocenters. The molecule has 22 heavy (non-hydrogen) atoms. The zero-order valence-electron chi connectivity index (χ0n) is 11.8. The van der Waals surface area contributed by atoms with Gasteiger partial charge in [0, 0.05) is 0 Å². The topological polar surface area (TPSA) is 117 Å². The van der Waals surface area contributed by atoms with Gasteiger partial charge in [-0.3, -0.25) is 10.1 Å². The standard InChI is InChI=1S/C13H13N3O6/c1-8-3-4-10(11(5-8)21-2)22-7-15-6-9(16(19)20)12(14-15)13(17)18/h3-6H,7H2,1-2H3,(H,17,18). The fraction of sp³-hybridized carbons (Fsp3) is 0.231. The number of hydrogen-bond acceptors (Lipinski definition) is 6. The first-order valence-electron chi connectivity index (χ1n) is 6.15. The van der Waals surface area contributed by atoms with Crippen LogP contribution in [0, 0.1) is 17.0 Å². The molecule has 1 aromatic carbocycles. The Balaban J connectivity index is 2.20. The predicted molar refractivity (Wildman–Crippen MR) is 74.2 cm³/mol. The van der Waals surface area contributed by atoms with Crippen molar-refractivity contribution >= 4 is 11.7 Å². The molecule has 9 nitrogen and oxygen atoms in total. The molecule has 0 amide bonds. The average molecular weight is 307 g/mol. The van der Waals surface area contributed by atoms with Crippen LogP contribution < -0.4 is 9.47 Å². The number of nitro groups is 1. The molecule has 1 N–H and O–H groups in total. The van der Waals surface area contributed by atoms with Crippen molar-refractivity contribution in [3.05, 3.63) is 45.8 Å². The van der Waals surface area contributed by atoms with E-state index in [0.717, 1.165) is 16.4 Å². The summed E-state index contributed by atoms with van der Waals surface area (Å²) in [5.74, 6) is -0.554. The molecule has 1 aromatic heterocycles. The van der Waals surface area contributed by atoms with Crippen LogP contribution in [-0.4, -0.2) is 32.9 Å². The molecule has 0 spiro atoms. The lowest BCUT2D eigenvalue weighted by Crippen LogP contribution is -2.08. The van der Waals surface area contributed by atoms with Crippen molar-refractivity contribution in [1.29, 1.82) is 0 Å². The van der Waals surface area contributed by atoms with Crippen molar-refractivity contribution in [2.45, 2.75) is 13.7 Å². The van der Waals surface area contributed by atoms with Crippen molar-refractivity contribution < 1.29 is 24.3 Å². The molecule has 1 heterocycles. The Morgan fingerprint density at radius 3 is 2.73 bits per heavy atom. The Morgan fingerprint density at radius 2 is 2.18 bits per heavy atom. The summed E-state index contributed by atoms with van der Waals surface area (Å²) < 4.78 is 11.7. The van der Waals surface area contributed by atoms with Crippen LogP contribution in [0.15, 0.2) is 24.4 Å². The second-order valence-corrected chi connectivity index (χ2v) is 4.39. The van der Waals surface area contributed by atoms with Gasteiger partial charge >= 0.3 is 11.7 Å². The van der Waals surface area contributed by atoms with Crippen LogP contribution in [0.3, 0.4) is 0 Å². The fourth-order valence-electron chi connectivity index (χ4n) is 1.79. The molecule has 116 valence electrons. The highest BCUT2D eigenvalue weighted by Crippen LogP contribution is 2.28. The van der Waals surface area contributed by atoms with E-state index in [0.29, 0.717) is 11.5 Å². The third-order valence-electron chi connectivity index (χ3n) is 2.81. The quantitative estimate of drug-likeness (QED) is 0.639. The second kappa shape index (κ2) is 6.12. The van der Waals surface area contributed by atoms with Crippen LogP contribution in [-0.2, 0) is 6.73 Å². The molecule has 0 saturated heterocycles. The van der Waals surface area contributed by atoms with Crippen molar-refractivity contribution in [2.24, 2.45) is 0 Å². The van der Waals surface area contributed by atoms with Crippen LogP contribution in [0.2, 0.25) is 0 Å². The molecule has 0 aliphatic rings. The molecule has 0 atom stereocenters. The summed E-state index contributed by atoms with van der Waals surface area (Å²) in [6, 6.07) is 5.26. The monoisotopic (exact) mass is 307 g/mol. The summed E-state index contributed by atoms with van der Waals surface area (Å²) >= 11 is 0. The second-order valence-electron chi connectivity index (χ2n) is 4.39. The highest BCUT2D eigenvalue weighted by Gasteiger charge is 2.25. The van der Waals surface area contributed by atoms with Crippen LogP contribution in [0.4, 0.5) is 5.69 Å². The lowest BCUT2D eigenvalue weighted by Gasteiger charge is -2.10. The van der Waals surface area contributed by atoms with Gasteiger partial charge in [-0.25, -0.2) is 9.48 Å². The number of hydrogen-bond donors (Lipinski definition) is 1. The minimum absolute atomic E-state index is 0.187. The van der Waals surface area contributed by atoms with Crippen molar-refractivity contribution in [2.75, 3.05) is 7.11 Å². The van der Waals surface area contributed by atoms with Gasteiger partial charge < -0.3 is 14.6 Å². The SMILES string of the molecule is COc1cc(C)ccc1OCn1cc([N+](=O)[O-])c(C(=O)O)n1. The van der Waals surface area contributed by atoms with Crippen LogP contribution in [0.5, 0.6) is 11.5 Å².